The summed E-state index contributed by atoms with van der Waals surface area (Å²) >= 11 is 1.93. The lowest BCUT2D eigenvalue weighted by Gasteiger charge is -2.16. The van der Waals surface area contributed by atoms with Gasteiger partial charge in [-0.05, 0) is 30.7 Å². The Balaban J connectivity index is 2.35. The van der Waals surface area contributed by atoms with Gasteiger partial charge in [0.1, 0.15) is 0 Å². The van der Waals surface area contributed by atoms with Gasteiger partial charge < -0.3 is 7.80 Å². The zero-order valence-electron chi connectivity index (χ0n) is 9.00. The summed E-state index contributed by atoms with van der Waals surface area (Å²) in [6, 6.07) is 6.11. The van der Waals surface area contributed by atoms with Crippen LogP contribution in [0.5, 0.6) is 11.5 Å². The van der Waals surface area contributed by atoms with Crippen molar-refractivity contribution in [1.29, 1.82) is 0 Å². The van der Waals surface area contributed by atoms with E-state index in [4.69, 9.17) is 7.80 Å². The highest BCUT2D eigenvalue weighted by Crippen LogP contribution is 2.47. The van der Waals surface area contributed by atoms with E-state index in [-0.39, 0.29) is 0 Å². The number of methoxy groups -OCH3 is 1. The molecular formula is C12H15IO2. The molecule has 82 valence electrons. The second-order valence-electron chi connectivity index (χ2n) is 4.08. The first kappa shape index (κ1) is 11.0. The van der Waals surface area contributed by atoms with Crippen LogP contribution >= 0.6 is 23.0 Å². The van der Waals surface area contributed by atoms with Crippen LogP contribution in [0.15, 0.2) is 18.2 Å². The summed E-state index contributed by atoms with van der Waals surface area (Å²) in [5, 5.41) is 0. The molecular weight excluding hydrogens is 303 g/mol. The van der Waals surface area contributed by atoms with Crippen molar-refractivity contribution in [3.05, 3.63) is 23.8 Å². The number of hydrogen-bond donors (Lipinski definition) is 0. The van der Waals surface area contributed by atoms with Gasteiger partial charge in [-0.2, -0.15) is 0 Å². The van der Waals surface area contributed by atoms with Crippen LogP contribution in [-0.4, -0.2) is 7.11 Å². The van der Waals surface area contributed by atoms with E-state index in [0.29, 0.717) is 5.92 Å². The van der Waals surface area contributed by atoms with Gasteiger partial charge in [-0.3, -0.25) is 0 Å². The highest BCUT2D eigenvalue weighted by atomic mass is 127. The van der Waals surface area contributed by atoms with E-state index in [1.807, 2.05) is 35.1 Å². The molecule has 2 nitrogen and oxygen atoms in total. The Bertz CT molecular complexity index is 347. The number of hydrogen-bond acceptors (Lipinski definition) is 2. The second kappa shape index (κ2) is 4.60. The molecule has 0 spiro atoms. The van der Waals surface area contributed by atoms with Gasteiger partial charge in [-0.15, -0.1) is 0 Å². The van der Waals surface area contributed by atoms with Gasteiger partial charge in [0.15, 0.2) is 34.5 Å². The maximum Gasteiger partial charge on any atom is 0.192 e. The summed E-state index contributed by atoms with van der Waals surface area (Å²) in [4.78, 5) is 0. The van der Waals surface area contributed by atoms with Crippen LogP contribution in [-0.2, 0) is 0 Å². The number of para-hydroxylation sites is 1. The molecule has 1 aromatic carbocycles. The fraction of sp³-hybridized carbons (Fsp3) is 0.500. The largest absolute Gasteiger partial charge is 0.493 e. The maximum atomic E-state index is 5.41. The van der Waals surface area contributed by atoms with Crippen molar-refractivity contribution in [2.24, 2.45) is 5.92 Å². The second-order valence-corrected chi connectivity index (χ2v) is 4.52. The van der Waals surface area contributed by atoms with Gasteiger partial charge in [0, 0.05) is 5.56 Å². The standard InChI is InChI=1S/C12H15IO2/c1-8(9-6-7-9)10-4-3-5-11(14-2)12(10)15-13/h3-5,8-9H,6-7H2,1-2H3/t8-/m1/s1. The maximum absolute atomic E-state index is 5.41. The van der Waals surface area contributed by atoms with Crippen LogP contribution in [0.25, 0.3) is 0 Å². The summed E-state index contributed by atoms with van der Waals surface area (Å²) in [6.07, 6.45) is 2.69. The SMILES string of the molecule is COc1cccc([C@H](C)C2CC2)c1OI. The summed E-state index contributed by atoms with van der Waals surface area (Å²) in [5.74, 6) is 3.13. The van der Waals surface area contributed by atoms with E-state index in [9.17, 15) is 0 Å². The first-order chi connectivity index (χ1) is 7.27. The molecule has 1 saturated carbocycles. The van der Waals surface area contributed by atoms with Crippen molar-refractivity contribution in [2.45, 2.75) is 25.7 Å². The minimum absolute atomic E-state index is 0.574. The van der Waals surface area contributed by atoms with Crippen molar-refractivity contribution in [3.8, 4) is 11.5 Å². The van der Waals surface area contributed by atoms with Crippen LogP contribution in [0.3, 0.4) is 0 Å². The number of ether oxygens (including phenoxy) is 1. The molecule has 15 heavy (non-hydrogen) atoms. The average molecular weight is 318 g/mol. The van der Waals surface area contributed by atoms with E-state index in [2.05, 4.69) is 13.0 Å². The lowest BCUT2D eigenvalue weighted by molar-refractivity contribution is 0.400. The van der Waals surface area contributed by atoms with Gasteiger partial charge >= 0.3 is 0 Å². The molecule has 1 fully saturated rings. The predicted octanol–water partition coefficient (Wildman–Crippen LogP) is 3.94. The quantitative estimate of drug-likeness (QED) is 0.783. The molecule has 1 aliphatic carbocycles. The van der Waals surface area contributed by atoms with Crippen molar-refractivity contribution in [1.82, 2.24) is 0 Å². The minimum atomic E-state index is 0.574. The van der Waals surface area contributed by atoms with Crippen molar-refractivity contribution in [2.75, 3.05) is 7.11 Å². The zero-order valence-corrected chi connectivity index (χ0v) is 11.2. The Hall–Kier alpha value is -0.450. The van der Waals surface area contributed by atoms with Crippen LogP contribution in [0.1, 0.15) is 31.2 Å². The average Bonchev–Trinajstić information content (AvgIpc) is 3.10. The molecule has 1 aliphatic rings. The van der Waals surface area contributed by atoms with Gasteiger partial charge in [-0.1, -0.05) is 19.1 Å². The summed E-state index contributed by atoms with van der Waals surface area (Å²) in [6.45, 7) is 2.27. The molecule has 0 amide bonds. The van der Waals surface area contributed by atoms with Crippen molar-refractivity contribution in [3.63, 3.8) is 0 Å². The van der Waals surface area contributed by atoms with Crippen LogP contribution < -0.4 is 7.80 Å². The number of benzene rings is 1. The molecule has 0 radical (unpaired) electrons. The predicted molar refractivity (Wildman–Crippen MR) is 68.8 cm³/mol. The fourth-order valence-electron chi connectivity index (χ4n) is 1.98. The third kappa shape index (κ3) is 2.22. The van der Waals surface area contributed by atoms with Gasteiger partial charge in [-0.25, -0.2) is 0 Å². The van der Waals surface area contributed by atoms with E-state index in [1.54, 1.807) is 7.11 Å². The smallest absolute Gasteiger partial charge is 0.192 e. The fourth-order valence-corrected chi connectivity index (χ4v) is 2.46. The number of halogens is 1. The van der Waals surface area contributed by atoms with Crippen LogP contribution in [0.4, 0.5) is 0 Å². The van der Waals surface area contributed by atoms with E-state index in [1.165, 1.54) is 18.4 Å². The third-order valence-corrected chi connectivity index (χ3v) is 3.57. The van der Waals surface area contributed by atoms with Gasteiger partial charge in [0.25, 0.3) is 0 Å². The highest BCUT2D eigenvalue weighted by Gasteiger charge is 2.31. The van der Waals surface area contributed by atoms with E-state index in [0.717, 1.165) is 17.4 Å². The topological polar surface area (TPSA) is 18.5 Å². The van der Waals surface area contributed by atoms with Crippen LogP contribution in [0.2, 0.25) is 0 Å². The Morgan fingerprint density at radius 1 is 1.40 bits per heavy atom. The molecule has 3 heteroatoms. The van der Waals surface area contributed by atoms with Gasteiger partial charge in [0.05, 0.1) is 7.11 Å². The lowest BCUT2D eigenvalue weighted by atomic mass is 9.95. The molecule has 0 heterocycles. The first-order valence-corrected chi connectivity index (χ1v) is 6.11. The number of rotatable bonds is 4. The molecule has 0 saturated heterocycles. The van der Waals surface area contributed by atoms with Crippen LogP contribution in [0, 0.1) is 5.92 Å². The third-order valence-electron chi connectivity index (χ3n) is 3.13. The Kier molecular flexibility index (Phi) is 3.38. The van der Waals surface area contributed by atoms with Gasteiger partial charge in [0.2, 0.25) is 0 Å². The Morgan fingerprint density at radius 3 is 2.67 bits per heavy atom. The first-order valence-electron chi connectivity index (χ1n) is 5.23. The molecule has 2 rings (SSSR count). The highest BCUT2D eigenvalue weighted by molar-refractivity contribution is 14.1. The molecule has 0 aromatic heterocycles. The Morgan fingerprint density at radius 2 is 2.13 bits per heavy atom. The summed E-state index contributed by atoms with van der Waals surface area (Å²) in [7, 11) is 1.68. The lowest BCUT2D eigenvalue weighted by Crippen LogP contribution is -1.99. The normalized spacial score (nSPS) is 17.3. The van der Waals surface area contributed by atoms with E-state index >= 15 is 0 Å². The molecule has 0 unspecified atom stereocenters. The summed E-state index contributed by atoms with van der Waals surface area (Å²) < 4.78 is 10.7. The van der Waals surface area contributed by atoms with E-state index < -0.39 is 0 Å². The molecule has 1 atom stereocenters. The monoisotopic (exact) mass is 318 g/mol. The molecule has 1 aromatic rings. The summed E-state index contributed by atoms with van der Waals surface area (Å²) in [5.41, 5.74) is 1.27. The van der Waals surface area contributed by atoms with Crippen molar-refractivity contribution >= 4 is 23.0 Å². The molecule has 0 bridgehead atoms. The molecule has 0 N–H and O–H groups in total. The minimum Gasteiger partial charge on any atom is -0.493 e. The molecule has 0 aliphatic heterocycles. The zero-order chi connectivity index (χ0) is 10.8. The van der Waals surface area contributed by atoms with Crippen molar-refractivity contribution < 1.29 is 7.80 Å². The Labute approximate surface area is 105 Å².